The highest BCUT2D eigenvalue weighted by molar-refractivity contribution is 14.0. The van der Waals surface area contributed by atoms with E-state index in [4.69, 9.17) is 5.73 Å². The predicted molar refractivity (Wildman–Crippen MR) is 88.2 cm³/mol. The van der Waals surface area contributed by atoms with Gasteiger partial charge in [0.25, 0.3) is 0 Å². The second-order valence-electron chi connectivity index (χ2n) is 4.14. The van der Waals surface area contributed by atoms with E-state index in [1.54, 1.807) is 6.07 Å². The second-order valence-corrected chi connectivity index (χ2v) is 4.14. The quantitative estimate of drug-likeness (QED) is 0.317. The number of para-hydroxylation sites is 2. The van der Waals surface area contributed by atoms with Crippen molar-refractivity contribution >= 4 is 35.6 Å². The number of hydrogen-bond donors (Lipinski definition) is 2. The summed E-state index contributed by atoms with van der Waals surface area (Å²) in [5, 5.41) is 2.61. The molecule has 3 N–H and O–H groups in total. The topological polar surface area (TPSA) is 59.6 Å². The van der Waals surface area contributed by atoms with Crippen molar-refractivity contribution in [1.82, 2.24) is 0 Å². The van der Waals surface area contributed by atoms with E-state index in [-0.39, 0.29) is 41.4 Å². The summed E-state index contributed by atoms with van der Waals surface area (Å²) in [6.07, 6.45) is -1.76. The highest BCUT2D eigenvalue weighted by atomic mass is 127. The molecule has 1 rings (SSSR count). The Bertz CT molecular complexity index is 453. The summed E-state index contributed by atoms with van der Waals surface area (Å²) in [6.45, 7) is 2.60. The molecule has 0 heterocycles. The maximum atomic E-state index is 12.2. The van der Waals surface area contributed by atoms with Crippen LogP contribution >= 0.6 is 24.0 Å². The van der Waals surface area contributed by atoms with Crippen LogP contribution in [0.3, 0.4) is 0 Å². The standard InChI is InChI=1S/C13H18F3N3O.HI/c1-2-3-6-9-18-12(17)19-10-7-4-5-8-11(10)20-13(14,15)16;/h4-5,7-8H,2-3,6,9H2,1H3,(H3,17,18,19);1H. The van der Waals surface area contributed by atoms with Gasteiger partial charge >= 0.3 is 6.36 Å². The Hall–Kier alpha value is -1.19. The van der Waals surface area contributed by atoms with Gasteiger partial charge in [-0.2, -0.15) is 0 Å². The van der Waals surface area contributed by atoms with Crippen molar-refractivity contribution in [1.29, 1.82) is 0 Å². The minimum absolute atomic E-state index is 0. The van der Waals surface area contributed by atoms with Crippen LogP contribution in [0.1, 0.15) is 26.2 Å². The normalized spacial score (nSPS) is 11.7. The molecule has 0 aliphatic heterocycles. The lowest BCUT2D eigenvalue weighted by atomic mass is 10.2. The third-order valence-corrected chi connectivity index (χ3v) is 2.42. The molecule has 0 unspecified atom stereocenters. The first-order valence-corrected chi connectivity index (χ1v) is 6.34. The van der Waals surface area contributed by atoms with Gasteiger partial charge in [0.15, 0.2) is 11.7 Å². The van der Waals surface area contributed by atoms with Crippen LogP contribution in [0.15, 0.2) is 29.3 Å². The van der Waals surface area contributed by atoms with Crippen molar-refractivity contribution in [3.05, 3.63) is 24.3 Å². The molecule has 0 fully saturated rings. The summed E-state index contributed by atoms with van der Waals surface area (Å²) < 4.78 is 40.6. The first-order valence-electron chi connectivity index (χ1n) is 6.34. The van der Waals surface area contributed by atoms with E-state index in [1.165, 1.54) is 18.2 Å². The van der Waals surface area contributed by atoms with Crippen molar-refractivity contribution in [2.24, 2.45) is 10.7 Å². The van der Waals surface area contributed by atoms with Gasteiger partial charge in [0.05, 0.1) is 5.69 Å². The molecule has 0 atom stereocenters. The van der Waals surface area contributed by atoms with Crippen molar-refractivity contribution in [3.8, 4) is 5.75 Å². The van der Waals surface area contributed by atoms with Gasteiger partial charge in [-0.1, -0.05) is 31.9 Å². The number of nitrogens with zero attached hydrogens (tertiary/aromatic N) is 1. The van der Waals surface area contributed by atoms with Crippen molar-refractivity contribution in [2.45, 2.75) is 32.5 Å². The van der Waals surface area contributed by atoms with Gasteiger partial charge in [-0.15, -0.1) is 37.1 Å². The van der Waals surface area contributed by atoms with Gasteiger partial charge in [-0.05, 0) is 18.6 Å². The first kappa shape index (κ1) is 19.8. The second kappa shape index (κ2) is 9.69. The largest absolute Gasteiger partial charge is 0.573 e. The zero-order valence-corrected chi connectivity index (χ0v) is 13.9. The molecule has 0 spiro atoms. The molecule has 1 aromatic rings. The number of alkyl halides is 3. The SMILES string of the molecule is CCCCCN=C(N)Nc1ccccc1OC(F)(F)F.I. The van der Waals surface area contributed by atoms with Crippen LogP contribution in [0.4, 0.5) is 18.9 Å². The maximum absolute atomic E-state index is 12.2. The molecule has 0 aromatic heterocycles. The van der Waals surface area contributed by atoms with E-state index in [1.807, 2.05) is 0 Å². The van der Waals surface area contributed by atoms with Crippen LogP contribution in [0, 0.1) is 0 Å². The number of halogens is 4. The number of benzene rings is 1. The minimum Gasteiger partial charge on any atom is -0.404 e. The average molecular weight is 417 g/mol. The minimum atomic E-state index is -4.75. The van der Waals surface area contributed by atoms with Crippen molar-refractivity contribution in [2.75, 3.05) is 11.9 Å². The van der Waals surface area contributed by atoms with Gasteiger partial charge in [0.1, 0.15) is 0 Å². The van der Waals surface area contributed by atoms with Gasteiger partial charge in [-0.3, -0.25) is 4.99 Å². The van der Waals surface area contributed by atoms with E-state index in [0.717, 1.165) is 19.3 Å². The summed E-state index contributed by atoms with van der Waals surface area (Å²) >= 11 is 0. The number of hydrogen-bond acceptors (Lipinski definition) is 2. The average Bonchev–Trinajstić information content (AvgIpc) is 2.35. The molecule has 21 heavy (non-hydrogen) atoms. The molecule has 0 aliphatic carbocycles. The van der Waals surface area contributed by atoms with E-state index >= 15 is 0 Å². The monoisotopic (exact) mass is 417 g/mol. The van der Waals surface area contributed by atoms with Gasteiger partial charge in [0.2, 0.25) is 0 Å². The predicted octanol–water partition coefficient (Wildman–Crippen LogP) is 4.12. The van der Waals surface area contributed by atoms with Crippen LogP contribution in [0.2, 0.25) is 0 Å². The third kappa shape index (κ3) is 8.64. The Morgan fingerprint density at radius 1 is 1.29 bits per heavy atom. The summed E-state index contributed by atoms with van der Waals surface area (Å²) in [7, 11) is 0. The fourth-order valence-electron chi connectivity index (χ4n) is 1.52. The maximum Gasteiger partial charge on any atom is 0.573 e. The summed E-state index contributed by atoms with van der Waals surface area (Å²) in [5.74, 6) is -0.272. The lowest BCUT2D eigenvalue weighted by Gasteiger charge is -2.14. The van der Waals surface area contributed by atoms with Crippen molar-refractivity contribution < 1.29 is 17.9 Å². The Balaban J connectivity index is 0.00000400. The molecule has 8 heteroatoms. The first-order chi connectivity index (χ1) is 9.42. The van der Waals surface area contributed by atoms with Gasteiger partial charge in [0, 0.05) is 6.54 Å². The molecular formula is C13H19F3IN3O. The molecule has 0 aliphatic rings. The summed E-state index contributed by atoms with van der Waals surface area (Å²) in [6, 6.07) is 5.67. The number of guanidine groups is 1. The highest BCUT2D eigenvalue weighted by Gasteiger charge is 2.32. The van der Waals surface area contributed by atoms with Gasteiger partial charge in [-0.25, -0.2) is 0 Å². The number of nitrogens with two attached hydrogens (primary N) is 1. The Labute approximate surface area is 139 Å². The summed E-state index contributed by atoms with van der Waals surface area (Å²) in [4.78, 5) is 4.04. The fourth-order valence-corrected chi connectivity index (χ4v) is 1.52. The molecule has 0 amide bonds. The number of anilines is 1. The summed E-state index contributed by atoms with van der Waals surface area (Å²) in [5.41, 5.74) is 5.75. The van der Waals surface area contributed by atoms with E-state index < -0.39 is 6.36 Å². The van der Waals surface area contributed by atoms with Crippen LogP contribution in [-0.4, -0.2) is 18.9 Å². The number of aliphatic imine (C=N–C) groups is 1. The van der Waals surface area contributed by atoms with E-state index in [9.17, 15) is 13.2 Å². The molecule has 120 valence electrons. The number of ether oxygens (including phenoxy) is 1. The fraction of sp³-hybridized carbons (Fsp3) is 0.462. The molecule has 4 nitrogen and oxygen atoms in total. The number of rotatable bonds is 6. The molecule has 1 aromatic carbocycles. The lowest BCUT2D eigenvalue weighted by molar-refractivity contribution is -0.274. The lowest BCUT2D eigenvalue weighted by Crippen LogP contribution is -2.24. The molecule has 0 saturated heterocycles. The zero-order chi connectivity index (χ0) is 15.0. The molecule has 0 bridgehead atoms. The molecule has 0 radical (unpaired) electrons. The molecule has 0 saturated carbocycles. The van der Waals surface area contributed by atoms with Crippen LogP contribution in [0.5, 0.6) is 5.75 Å². The number of unbranched alkanes of at least 4 members (excludes halogenated alkanes) is 2. The van der Waals surface area contributed by atoms with E-state index in [2.05, 4.69) is 22.0 Å². The Morgan fingerprint density at radius 3 is 2.57 bits per heavy atom. The Morgan fingerprint density at radius 2 is 1.95 bits per heavy atom. The third-order valence-electron chi connectivity index (χ3n) is 2.42. The Kier molecular flexibility index (Phi) is 9.14. The molecular weight excluding hydrogens is 398 g/mol. The zero-order valence-electron chi connectivity index (χ0n) is 11.6. The van der Waals surface area contributed by atoms with Gasteiger partial charge < -0.3 is 15.8 Å². The van der Waals surface area contributed by atoms with E-state index in [0.29, 0.717) is 6.54 Å². The van der Waals surface area contributed by atoms with Crippen LogP contribution in [0.25, 0.3) is 0 Å². The highest BCUT2D eigenvalue weighted by Crippen LogP contribution is 2.29. The smallest absolute Gasteiger partial charge is 0.404 e. The van der Waals surface area contributed by atoms with Crippen LogP contribution in [-0.2, 0) is 0 Å². The number of nitrogens with one attached hydrogen (secondary N) is 1. The van der Waals surface area contributed by atoms with Crippen molar-refractivity contribution in [3.63, 3.8) is 0 Å². The van der Waals surface area contributed by atoms with Crippen LogP contribution < -0.4 is 15.8 Å².